The molecule has 0 saturated carbocycles. The molecular formula is C18H30N4O2S. The summed E-state index contributed by atoms with van der Waals surface area (Å²) < 4.78 is 28.0. The van der Waals surface area contributed by atoms with E-state index < -0.39 is 15.6 Å². The van der Waals surface area contributed by atoms with Crippen molar-refractivity contribution in [3.63, 3.8) is 0 Å². The van der Waals surface area contributed by atoms with Crippen molar-refractivity contribution < 1.29 is 8.42 Å². The summed E-state index contributed by atoms with van der Waals surface area (Å²) in [4.78, 5) is 6.79. The Labute approximate surface area is 151 Å². The number of aliphatic imine (C=N–C) groups is 1. The molecule has 0 aliphatic carbocycles. The van der Waals surface area contributed by atoms with Gasteiger partial charge < -0.3 is 10.6 Å². The Morgan fingerprint density at radius 3 is 2.68 bits per heavy atom. The van der Waals surface area contributed by atoms with Gasteiger partial charge in [0.1, 0.15) is 0 Å². The first-order valence-corrected chi connectivity index (χ1v) is 10.2. The molecule has 7 heteroatoms. The lowest BCUT2D eigenvalue weighted by atomic mass is 10.0. The molecule has 6 nitrogen and oxygen atoms in total. The van der Waals surface area contributed by atoms with Crippen molar-refractivity contribution in [2.24, 2.45) is 16.6 Å². The third kappa shape index (κ3) is 5.71. The number of nitrogens with zero attached hydrogens (tertiary/aromatic N) is 2. The van der Waals surface area contributed by atoms with Crippen molar-refractivity contribution in [1.82, 2.24) is 9.62 Å². The Morgan fingerprint density at radius 1 is 1.36 bits per heavy atom. The van der Waals surface area contributed by atoms with Gasteiger partial charge in [0, 0.05) is 18.6 Å². The van der Waals surface area contributed by atoms with Crippen LogP contribution >= 0.6 is 0 Å². The van der Waals surface area contributed by atoms with E-state index in [9.17, 15) is 8.42 Å². The first-order chi connectivity index (χ1) is 11.6. The minimum Gasteiger partial charge on any atom is -0.370 e. The average Bonchev–Trinajstić information content (AvgIpc) is 2.50. The van der Waals surface area contributed by atoms with Crippen LogP contribution < -0.4 is 10.5 Å². The molecule has 140 valence electrons. The van der Waals surface area contributed by atoms with Gasteiger partial charge in [0.15, 0.2) is 5.96 Å². The van der Waals surface area contributed by atoms with Gasteiger partial charge in [0.25, 0.3) is 0 Å². The Bertz CT molecular complexity index is 723. The SMILES string of the molecule is CC1CCCN(C(N)=NCc2ccccc2S(=O)(=O)NC(C)(C)C)C1. The van der Waals surface area contributed by atoms with Crippen molar-refractivity contribution in [3.8, 4) is 0 Å². The molecule has 1 atom stereocenters. The topological polar surface area (TPSA) is 87.8 Å². The van der Waals surface area contributed by atoms with Crippen LogP contribution in [0.25, 0.3) is 0 Å². The normalized spacial score (nSPS) is 19.9. The number of piperidine rings is 1. The lowest BCUT2D eigenvalue weighted by Gasteiger charge is -2.31. The number of rotatable bonds is 4. The van der Waals surface area contributed by atoms with E-state index >= 15 is 0 Å². The molecule has 0 amide bonds. The smallest absolute Gasteiger partial charge is 0.241 e. The number of nitrogens with one attached hydrogen (secondary N) is 1. The highest BCUT2D eigenvalue weighted by molar-refractivity contribution is 7.89. The number of nitrogens with two attached hydrogens (primary N) is 1. The zero-order valence-corrected chi connectivity index (χ0v) is 16.4. The maximum absolute atomic E-state index is 12.7. The van der Waals surface area contributed by atoms with Gasteiger partial charge >= 0.3 is 0 Å². The number of likely N-dealkylation sites (tertiary alicyclic amines) is 1. The van der Waals surface area contributed by atoms with Gasteiger partial charge in [-0.15, -0.1) is 0 Å². The summed E-state index contributed by atoms with van der Waals surface area (Å²) in [7, 11) is -3.60. The molecule has 2 rings (SSSR count). The molecule has 1 heterocycles. The molecule has 1 aromatic carbocycles. The first-order valence-electron chi connectivity index (χ1n) is 8.75. The van der Waals surface area contributed by atoms with Crippen molar-refractivity contribution >= 4 is 16.0 Å². The zero-order valence-electron chi connectivity index (χ0n) is 15.6. The molecule has 1 aromatic rings. The number of hydrogen-bond acceptors (Lipinski definition) is 3. The van der Waals surface area contributed by atoms with E-state index in [-0.39, 0.29) is 11.4 Å². The number of benzene rings is 1. The van der Waals surface area contributed by atoms with Gasteiger partial charge in [0.2, 0.25) is 10.0 Å². The second-order valence-electron chi connectivity index (χ2n) is 7.83. The number of hydrogen-bond donors (Lipinski definition) is 2. The van der Waals surface area contributed by atoms with E-state index in [0.29, 0.717) is 17.4 Å². The van der Waals surface area contributed by atoms with E-state index in [1.165, 1.54) is 6.42 Å². The fraction of sp³-hybridized carbons (Fsp3) is 0.611. The summed E-state index contributed by atoms with van der Waals surface area (Å²) in [6.45, 7) is 9.73. The Morgan fingerprint density at radius 2 is 2.04 bits per heavy atom. The predicted molar refractivity (Wildman–Crippen MR) is 102 cm³/mol. The minimum absolute atomic E-state index is 0.248. The summed E-state index contributed by atoms with van der Waals surface area (Å²) >= 11 is 0. The fourth-order valence-electron chi connectivity index (χ4n) is 3.02. The van der Waals surface area contributed by atoms with Gasteiger partial charge in [-0.3, -0.25) is 0 Å². The van der Waals surface area contributed by atoms with Gasteiger partial charge in [0.05, 0.1) is 11.4 Å². The summed E-state index contributed by atoms with van der Waals surface area (Å²) in [5.41, 5.74) is 6.23. The monoisotopic (exact) mass is 366 g/mol. The summed E-state index contributed by atoms with van der Waals surface area (Å²) in [5.74, 6) is 1.09. The molecule has 0 radical (unpaired) electrons. The lowest BCUT2D eigenvalue weighted by molar-refractivity contribution is 0.270. The van der Waals surface area contributed by atoms with Crippen molar-refractivity contribution in [3.05, 3.63) is 29.8 Å². The van der Waals surface area contributed by atoms with Crippen molar-refractivity contribution in [2.75, 3.05) is 13.1 Å². The van der Waals surface area contributed by atoms with Crippen LogP contribution in [0.5, 0.6) is 0 Å². The molecule has 1 aliphatic rings. The van der Waals surface area contributed by atoms with Gasteiger partial charge in [-0.1, -0.05) is 25.1 Å². The van der Waals surface area contributed by atoms with Crippen LogP contribution in [0.15, 0.2) is 34.2 Å². The molecular weight excluding hydrogens is 336 g/mol. The minimum atomic E-state index is -3.60. The van der Waals surface area contributed by atoms with Crippen LogP contribution in [0.2, 0.25) is 0 Å². The molecule has 0 bridgehead atoms. The molecule has 25 heavy (non-hydrogen) atoms. The summed E-state index contributed by atoms with van der Waals surface area (Å²) in [5, 5.41) is 0. The quantitative estimate of drug-likeness (QED) is 0.632. The Kier molecular flexibility index (Phi) is 6.11. The van der Waals surface area contributed by atoms with Crippen LogP contribution in [0.4, 0.5) is 0 Å². The van der Waals surface area contributed by atoms with Crippen molar-refractivity contribution in [1.29, 1.82) is 0 Å². The molecule has 1 aliphatic heterocycles. The highest BCUT2D eigenvalue weighted by Crippen LogP contribution is 2.19. The molecule has 1 saturated heterocycles. The zero-order chi connectivity index (χ0) is 18.7. The predicted octanol–water partition coefficient (Wildman–Crippen LogP) is 2.31. The maximum Gasteiger partial charge on any atom is 0.241 e. The summed E-state index contributed by atoms with van der Waals surface area (Å²) in [6, 6.07) is 6.94. The van der Waals surface area contributed by atoms with E-state index in [1.54, 1.807) is 18.2 Å². The van der Waals surface area contributed by atoms with Crippen LogP contribution in [0.3, 0.4) is 0 Å². The van der Waals surface area contributed by atoms with Crippen molar-refractivity contribution in [2.45, 2.75) is 57.5 Å². The molecule has 0 aromatic heterocycles. The van der Waals surface area contributed by atoms with Crippen LogP contribution in [0.1, 0.15) is 46.1 Å². The third-order valence-corrected chi connectivity index (χ3v) is 5.95. The largest absolute Gasteiger partial charge is 0.370 e. The molecule has 0 spiro atoms. The van der Waals surface area contributed by atoms with E-state index in [1.807, 2.05) is 26.8 Å². The maximum atomic E-state index is 12.7. The standard InChI is InChI=1S/C18H30N4O2S/c1-14-8-7-11-22(13-14)17(19)20-12-15-9-5-6-10-16(15)25(23,24)21-18(2,3)4/h5-6,9-10,14,21H,7-8,11-13H2,1-4H3,(H2,19,20). The number of guanidine groups is 1. The van der Waals surface area contributed by atoms with Crippen LogP contribution in [-0.2, 0) is 16.6 Å². The molecule has 3 N–H and O–H groups in total. The average molecular weight is 367 g/mol. The van der Waals surface area contributed by atoms with Gasteiger partial charge in [-0.2, -0.15) is 0 Å². The van der Waals surface area contributed by atoms with Crippen LogP contribution in [0, 0.1) is 5.92 Å². The molecule has 1 fully saturated rings. The first kappa shape index (κ1) is 19.7. The Balaban J connectivity index is 2.19. The van der Waals surface area contributed by atoms with E-state index in [0.717, 1.165) is 19.5 Å². The lowest BCUT2D eigenvalue weighted by Crippen LogP contribution is -2.43. The van der Waals surface area contributed by atoms with Gasteiger partial charge in [-0.25, -0.2) is 18.1 Å². The van der Waals surface area contributed by atoms with Gasteiger partial charge in [-0.05, 0) is 51.2 Å². The highest BCUT2D eigenvalue weighted by Gasteiger charge is 2.24. The second-order valence-corrected chi connectivity index (χ2v) is 9.48. The summed E-state index contributed by atoms with van der Waals surface area (Å²) in [6.07, 6.45) is 2.32. The fourth-order valence-corrected chi connectivity index (χ4v) is 4.67. The highest BCUT2D eigenvalue weighted by atomic mass is 32.2. The molecule has 1 unspecified atom stereocenters. The number of sulfonamides is 1. The van der Waals surface area contributed by atoms with E-state index in [4.69, 9.17) is 5.73 Å². The van der Waals surface area contributed by atoms with Crippen LogP contribution in [-0.4, -0.2) is 37.9 Å². The Hall–Kier alpha value is -1.60. The second kappa shape index (κ2) is 7.74. The van der Waals surface area contributed by atoms with E-state index in [2.05, 4.69) is 21.5 Å². The third-order valence-electron chi connectivity index (χ3n) is 4.10.